The highest BCUT2D eigenvalue weighted by Gasteiger charge is 2.43. The molecular weight excluding hydrogens is 1330 g/mol. The molecule has 0 bridgehead atoms. The summed E-state index contributed by atoms with van der Waals surface area (Å²) in [7, 11) is 1.36. The van der Waals surface area contributed by atoms with Crippen molar-refractivity contribution >= 4 is 69.2 Å². The second-order valence-electron chi connectivity index (χ2n) is 26.6. The number of benzene rings is 2. The minimum atomic E-state index is -0.500. The number of carbonyl (C=O) groups is 4. The lowest BCUT2D eigenvalue weighted by atomic mass is 9.81. The van der Waals surface area contributed by atoms with Gasteiger partial charge in [0, 0.05) is 105 Å². The fourth-order valence-electron chi connectivity index (χ4n) is 12.8. The Morgan fingerprint density at radius 2 is 0.959 bits per heavy atom. The molecule has 98 heavy (non-hydrogen) atoms. The van der Waals surface area contributed by atoms with E-state index in [0.717, 1.165) is 118 Å². The van der Waals surface area contributed by atoms with Crippen molar-refractivity contribution in [2.24, 2.45) is 29.6 Å². The van der Waals surface area contributed by atoms with Gasteiger partial charge in [-0.1, -0.05) is 117 Å². The number of Topliss-reactive ketones (excluding diaryl/α,β-unsaturated/α-hetero) is 2. The van der Waals surface area contributed by atoms with Crippen molar-refractivity contribution in [3.8, 4) is 0 Å². The van der Waals surface area contributed by atoms with E-state index < -0.39 is 6.61 Å². The number of alkyl halides is 2. The number of H-pyrrole nitrogens is 1. The van der Waals surface area contributed by atoms with Crippen LogP contribution in [0.3, 0.4) is 0 Å². The number of ether oxygens (including phenoxy) is 5. The fraction of sp³-hybridized carbons (Fsp3) is 0.532. The highest BCUT2D eigenvalue weighted by atomic mass is 35.5. The number of esters is 1. The average molecular weight is 1430 g/mol. The molecule has 4 aliphatic rings. The Bertz CT molecular complexity index is 3490. The van der Waals surface area contributed by atoms with Gasteiger partial charge in [0.25, 0.3) is 11.1 Å². The monoisotopic (exact) mass is 1430 g/mol. The lowest BCUT2D eigenvalue weighted by molar-refractivity contribution is -0.121. The summed E-state index contributed by atoms with van der Waals surface area (Å²) in [5, 5.41) is 9.14. The predicted octanol–water partition coefficient (Wildman–Crippen LogP) is 15.5. The first kappa shape index (κ1) is 82.5. The molecule has 536 valence electrons. The maximum Gasteiger partial charge on any atom is 0.337 e. The molecule has 17 nitrogen and oxygen atoms in total. The number of aliphatic hydroxyl groups is 1. The van der Waals surface area contributed by atoms with E-state index in [9.17, 15) is 33.6 Å². The van der Waals surface area contributed by atoms with Crippen molar-refractivity contribution < 1.29 is 48.0 Å². The molecule has 8 heterocycles. The molecule has 2 N–H and O–H groups in total. The first-order valence-electron chi connectivity index (χ1n) is 34.2. The van der Waals surface area contributed by atoms with Gasteiger partial charge in [0.1, 0.15) is 17.5 Å². The third-order valence-electron chi connectivity index (χ3n) is 18.6. The summed E-state index contributed by atoms with van der Waals surface area (Å²) >= 11 is 21.5. The summed E-state index contributed by atoms with van der Waals surface area (Å²) in [6, 6.07) is 29.0. The molecule has 6 aromatic rings. The van der Waals surface area contributed by atoms with Crippen molar-refractivity contribution in [2.75, 3.05) is 51.9 Å². The minimum absolute atomic E-state index is 0.0462. The summed E-state index contributed by atoms with van der Waals surface area (Å²) in [4.78, 5) is 86.9. The summed E-state index contributed by atoms with van der Waals surface area (Å²) in [5.41, 5.74) is 5.68. The van der Waals surface area contributed by atoms with Crippen LogP contribution in [-0.4, -0.2) is 98.9 Å². The van der Waals surface area contributed by atoms with E-state index in [4.69, 9.17) is 75.2 Å². The number of aliphatic hydroxyl groups excluding tert-OH is 1. The molecule has 0 spiro atoms. The number of hydrogen-bond donors (Lipinski definition) is 2. The van der Waals surface area contributed by atoms with Crippen LogP contribution in [0, 0.1) is 29.6 Å². The lowest BCUT2D eigenvalue weighted by Crippen LogP contribution is -2.33. The number of pyridine rings is 4. The van der Waals surface area contributed by atoms with Crippen LogP contribution >= 0.6 is 46.4 Å². The molecule has 0 radical (unpaired) electrons. The molecule has 2 aromatic carbocycles. The number of rotatable bonds is 22. The van der Waals surface area contributed by atoms with E-state index in [0.29, 0.717) is 89.8 Å². The maximum absolute atomic E-state index is 12.6. The van der Waals surface area contributed by atoms with Crippen LogP contribution in [0.2, 0.25) is 5.15 Å². The summed E-state index contributed by atoms with van der Waals surface area (Å²) in [5.74, 6) is 2.38. The van der Waals surface area contributed by atoms with Gasteiger partial charge in [-0.05, 0) is 175 Å². The molecule has 4 atom stereocenters. The predicted molar refractivity (Wildman–Crippen MR) is 389 cm³/mol. The van der Waals surface area contributed by atoms with Gasteiger partial charge in [-0.25, -0.2) is 9.78 Å². The molecule has 0 saturated carbocycles. The Hall–Kier alpha value is -6.12. The van der Waals surface area contributed by atoms with Gasteiger partial charge in [-0.2, -0.15) is 0 Å². The highest BCUT2D eigenvalue weighted by molar-refractivity contribution is 6.63. The van der Waals surface area contributed by atoms with Crippen LogP contribution in [0.15, 0.2) is 136 Å². The van der Waals surface area contributed by atoms with Gasteiger partial charge >= 0.3 is 5.97 Å². The molecule has 4 saturated heterocycles. The number of aromatic nitrogens is 4. The highest BCUT2D eigenvalue weighted by Crippen LogP contribution is 2.45. The van der Waals surface area contributed by atoms with Gasteiger partial charge in [-0.3, -0.25) is 28.8 Å². The van der Waals surface area contributed by atoms with Crippen molar-refractivity contribution in [3.05, 3.63) is 203 Å². The topological polar surface area (TPSA) is 224 Å². The molecule has 4 aliphatic heterocycles. The van der Waals surface area contributed by atoms with E-state index in [-0.39, 0.29) is 62.0 Å². The molecule has 4 unspecified atom stereocenters. The zero-order valence-electron chi connectivity index (χ0n) is 59.0. The van der Waals surface area contributed by atoms with Crippen molar-refractivity contribution in [2.45, 2.75) is 182 Å². The van der Waals surface area contributed by atoms with Crippen molar-refractivity contribution in [1.82, 2.24) is 19.1 Å². The molecule has 0 aliphatic carbocycles. The Kier molecular flexibility index (Phi) is 34.0. The number of ketones is 2. The van der Waals surface area contributed by atoms with Gasteiger partial charge in [0.2, 0.25) is 10.8 Å². The van der Waals surface area contributed by atoms with Gasteiger partial charge in [-0.15, -0.1) is 23.2 Å². The summed E-state index contributed by atoms with van der Waals surface area (Å²) in [6.45, 7) is 24.6. The van der Waals surface area contributed by atoms with E-state index in [2.05, 4.69) is 65.4 Å². The molecule has 4 fully saturated rings. The Labute approximate surface area is 598 Å². The standard InChI is InChI=1S/2C21H25NO4.C12H16ClNO.C12H17NO2.C7H13ClO.C4H6Cl2O/c1-15(2)21(10-4-12-26-21)18-9-11-22(19(23)13-18)14-16-5-7-17(8-6-16)20(24)25-3;1-15(2)21(9-3-11-26-21)18-8-10-22(20(25)12-18)13-16-4-6-17(7-5-16)19(24)14-23;1-9(2)12(5-3-7-15-12)10-4-6-14-11(13)8-10;1-9(2)12(5-3-7-15-12)10-4-6-13-11(14)8-10;1-6(2)7(9)4-3-5-8;5-3-1-2-4(6)7/h5-9,11,13,15H,4,10,12,14H2,1-3H3;4-8,10,12,15,23H,3,9,11,13-14H2,1-2H3;4,6,8-9H,3,5,7H2,1-2H3;4,6,8-9H,3,5,7H2,1-2H3,(H,13,14);6H,3-5H2,1-2H3;1-3H2. The first-order chi connectivity index (χ1) is 46.7. The third-order valence-corrected chi connectivity index (χ3v) is 19.5. The second-order valence-corrected chi connectivity index (χ2v) is 28.1. The Morgan fingerprint density at radius 1 is 0.561 bits per heavy atom. The smallest absolute Gasteiger partial charge is 0.337 e. The van der Waals surface area contributed by atoms with E-state index in [1.165, 1.54) is 7.11 Å². The third kappa shape index (κ3) is 23.0. The second kappa shape index (κ2) is 40.4. The Balaban J connectivity index is 0.000000224. The van der Waals surface area contributed by atoms with E-state index in [1.54, 1.807) is 76.1 Å². The lowest BCUT2D eigenvalue weighted by Gasteiger charge is -2.33. The summed E-state index contributed by atoms with van der Waals surface area (Å²) in [6.07, 6.45) is 17.8. The van der Waals surface area contributed by atoms with Crippen LogP contribution in [0.4, 0.5) is 0 Å². The van der Waals surface area contributed by atoms with E-state index >= 15 is 0 Å². The molecule has 4 aromatic heterocycles. The quantitative estimate of drug-likeness (QED) is 0.0212. The molecular formula is C77H102Cl4N4O13. The Morgan fingerprint density at radius 3 is 1.28 bits per heavy atom. The maximum atomic E-state index is 12.6. The van der Waals surface area contributed by atoms with Crippen LogP contribution < -0.4 is 16.7 Å². The number of hydrogen-bond acceptors (Lipinski definition) is 14. The molecule has 10 rings (SSSR count). The largest absolute Gasteiger partial charge is 0.465 e. The first-order valence-corrected chi connectivity index (χ1v) is 36.0. The van der Waals surface area contributed by atoms with Crippen molar-refractivity contribution in [1.29, 1.82) is 0 Å². The molecule has 21 heteroatoms. The fourth-order valence-corrected chi connectivity index (χ4v) is 13.3. The molecule has 0 amide bonds. The van der Waals surface area contributed by atoms with Crippen molar-refractivity contribution in [3.63, 3.8) is 0 Å². The van der Waals surface area contributed by atoms with Crippen LogP contribution in [0.1, 0.15) is 200 Å². The number of carbonyl (C=O) groups excluding carboxylic acids is 4. The minimum Gasteiger partial charge on any atom is -0.465 e. The van der Waals surface area contributed by atoms with Crippen LogP contribution in [0.25, 0.3) is 0 Å². The normalized spacial score (nSPS) is 20.1. The van der Waals surface area contributed by atoms with Crippen LogP contribution in [0.5, 0.6) is 0 Å². The number of aromatic amines is 1. The van der Waals surface area contributed by atoms with Gasteiger partial charge in [0.15, 0.2) is 5.78 Å². The zero-order chi connectivity index (χ0) is 72.2. The summed E-state index contributed by atoms with van der Waals surface area (Å²) < 4.78 is 32.0. The van der Waals surface area contributed by atoms with E-state index in [1.807, 2.05) is 68.7 Å². The number of methoxy groups -OCH3 is 1. The SMILES string of the molecule is CC(C)C(=O)CCCCl.CC(C)C1(c2cc[nH]c(=O)c2)CCCO1.CC(C)C1(c2ccn(Cc3ccc(C(=O)CO)cc3)c(=O)c2)CCCO1.CC(C)C1(c2ccnc(Cl)c2)CCCO1.COC(=O)c1ccc(Cn2ccc(C3(C(C)C)CCCO3)cc2=O)cc1.O=C(Cl)CCCCl. The van der Waals surface area contributed by atoms with Gasteiger partial charge < -0.3 is 42.9 Å². The average Bonchev–Trinajstić information content (AvgIpc) is 1.53. The zero-order valence-corrected chi connectivity index (χ0v) is 62.0. The number of nitrogens with one attached hydrogen (secondary N) is 1. The van der Waals surface area contributed by atoms with Crippen LogP contribution in [-0.2, 0) is 68.8 Å². The number of nitrogens with zero attached hydrogens (tertiary/aromatic N) is 3. The van der Waals surface area contributed by atoms with Gasteiger partial charge in [0.05, 0.1) is 48.2 Å². The number of halogens is 4.